The van der Waals surface area contributed by atoms with Crippen molar-refractivity contribution >= 4 is 35.1 Å². The molecule has 0 atom stereocenters. The van der Waals surface area contributed by atoms with Crippen LogP contribution in [0.1, 0.15) is 179 Å². The van der Waals surface area contributed by atoms with Gasteiger partial charge in [0, 0.05) is 49.6 Å². The first kappa shape index (κ1) is 53.8. The van der Waals surface area contributed by atoms with Gasteiger partial charge in [0.1, 0.15) is 11.5 Å². The highest BCUT2D eigenvalue weighted by molar-refractivity contribution is 6.41. The highest BCUT2D eigenvalue weighted by Gasteiger charge is 2.44. The Labute approximate surface area is 462 Å². The molecule has 396 valence electrons. The highest BCUT2D eigenvalue weighted by Crippen LogP contribution is 2.56. The summed E-state index contributed by atoms with van der Waals surface area (Å²) in [6, 6.07) is 55.4. The summed E-state index contributed by atoms with van der Waals surface area (Å²) >= 11 is 0. The molecular weight excluding hydrogens is 981 g/mol. The minimum atomic E-state index is -0.992. The Morgan fingerprint density at radius 1 is 0.354 bits per heavy atom. The van der Waals surface area contributed by atoms with E-state index in [9.17, 15) is 28.8 Å². The maximum absolute atomic E-state index is 13.9. The van der Waals surface area contributed by atoms with E-state index in [0.29, 0.717) is 22.3 Å². The molecule has 8 aromatic rings. The molecule has 0 spiro atoms. The van der Waals surface area contributed by atoms with E-state index in [1.807, 2.05) is 159 Å². The fourth-order valence-electron chi connectivity index (χ4n) is 12.7. The number of hydrogen-bond acceptors (Lipinski definition) is 8. The van der Waals surface area contributed by atoms with Crippen molar-refractivity contribution in [2.75, 3.05) is 0 Å². The van der Waals surface area contributed by atoms with Crippen molar-refractivity contribution < 1.29 is 38.2 Å². The zero-order valence-electron chi connectivity index (χ0n) is 45.7. The van der Waals surface area contributed by atoms with Crippen LogP contribution in [0.2, 0.25) is 0 Å². The van der Waals surface area contributed by atoms with Gasteiger partial charge >= 0.3 is 11.9 Å². The molecule has 0 fully saturated rings. The molecule has 8 aromatic carbocycles. The van der Waals surface area contributed by atoms with Crippen LogP contribution in [0.15, 0.2) is 182 Å². The first-order valence-corrected chi connectivity index (χ1v) is 27.7. The summed E-state index contributed by atoms with van der Waals surface area (Å²) in [5, 5.41) is 0. The summed E-state index contributed by atoms with van der Waals surface area (Å²) in [6.07, 6.45) is 6.75. The van der Waals surface area contributed by atoms with Crippen molar-refractivity contribution in [3.63, 3.8) is 0 Å². The maximum Gasteiger partial charge on any atom is 0.385 e. The first-order valence-electron chi connectivity index (χ1n) is 27.7. The van der Waals surface area contributed by atoms with Gasteiger partial charge in [0.25, 0.3) is 11.6 Å². The van der Waals surface area contributed by atoms with Crippen LogP contribution >= 0.6 is 0 Å². The lowest BCUT2D eigenvalue weighted by molar-refractivity contribution is -0.130. The van der Waals surface area contributed by atoms with Gasteiger partial charge in [-0.15, -0.1) is 0 Å². The molecule has 10 rings (SSSR count). The van der Waals surface area contributed by atoms with Crippen LogP contribution in [0, 0.1) is 0 Å². The number of hydrogen-bond donors (Lipinski definition) is 0. The SMILES string of the molecule is CCCC1(CCC)c2cc(C(=O)C(=O)Oc3ccc(C(C)(C)c4ccc(OC(=O)C(=O)c5ccc6c(c5)C(CCC)(CCC)c5cc(C(=O)c7ccccc7)ccc5-6)cc4)cc3)ccc2-c2ccc(C(=O)c3ccccc3)cc21. The zero-order valence-corrected chi connectivity index (χ0v) is 45.7. The Morgan fingerprint density at radius 2 is 0.646 bits per heavy atom. The zero-order chi connectivity index (χ0) is 55.6. The van der Waals surface area contributed by atoms with Crippen molar-refractivity contribution in [2.45, 2.75) is 109 Å². The van der Waals surface area contributed by atoms with Gasteiger partial charge in [-0.3, -0.25) is 19.2 Å². The van der Waals surface area contributed by atoms with E-state index >= 15 is 0 Å². The second-order valence-electron chi connectivity index (χ2n) is 21.7. The molecule has 8 nitrogen and oxygen atoms in total. The Bertz CT molecular complexity index is 3430. The van der Waals surface area contributed by atoms with E-state index < -0.39 is 39.8 Å². The normalized spacial score (nSPS) is 13.3. The summed E-state index contributed by atoms with van der Waals surface area (Å²) in [6.45, 7) is 12.6. The van der Waals surface area contributed by atoms with Gasteiger partial charge in [0.15, 0.2) is 11.6 Å². The largest absolute Gasteiger partial charge is 0.421 e. The molecule has 0 amide bonds. The highest BCUT2D eigenvalue weighted by atomic mass is 16.5. The predicted molar refractivity (Wildman–Crippen MR) is 310 cm³/mol. The summed E-state index contributed by atoms with van der Waals surface area (Å²) < 4.78 is 11.4. The Hall–Kier alpha value is -8.62. The molecule has 2 aliphatic rings. The fourth-order valence-corrected chi connectivity index (χ4v) is 12.7. The fraction of sp³-hybridized carbons (Fsp3) is 0.239. The molecule has 0 saturated carbocycles. The van der Waals surface area contributed by atoms with Crippen LogP contribution in [0.5, 0.6) is 11.5 Å². The molecule has 2 aliphatic carbocycles. The van der Waals surface area contributed by atoms with Crippen molar-refractivity contribution in [2.24, 2.45) is 0 Å². The Kier molecular flexibility index (Phi) is 15.0. The number of ketones is 4. The number of carbonyl (C=O) groups is 6. The van der Waals surface area contributed by atoms with Crippen molar-refractivity contribution in [1.82, 2.24) is 0 Å². The number of Topliss-reactive ketones (excluding diaryl/α,β-unsaturated/α-hetero) is 2. The van der Waals surface area contributed by atoms with Gasteiger partial charge in [-0.05, 0) is 130 Å². The van der Waals surface area contributed by atoms with E-state index in [1.54, 1.807) is 36.4 Å². The van der Waals surface area contributed by atoms with Gasteiger partial charge in [0.2, 0.25) is 0 Å². The van der Waals surface area contributed by atoms with Crippen molar-refractivity contribution in [1.29, 1.82) is 0 Å². The maximum atomic E-state index is 13.9. The monoisotopic (exact) mass is 1040 g/mol. The molecule has 0 radical (unpaired) electrons. The number of benzene rings is 8. The third kappa shape index (κ3) is 9.79. The number of ether oxygens (including phenoxy) is 2. The summed E-state index contributed by atoms with van der Waals surface area (Å²) in [4.78, 5) is 82.2. The third-order valence-corrected chi connectivity index (χ3v) is 16.5. The van der Waals surface area contributed by atoms with E-state index in [4.69, 9.17) is 9.47 Å². The summed E-state index contributed by atoms with van der Waals surface area (Å²) in [5.41, 5.74) is 11.5. The van der Waals surface area contributed by atoms with E-state index in [2.05, 4.69) is 27.7 Å². The van der Waals surface area contributed by atoms with Gasteiger partial charge in [-0.2, -0.15) is 0 Å². The minimum absolute atomic E-state index is 0.0439. The number of fused-ring (bicyclic) bond motifs is 6. The van der Waals surface area contributed by atoms with Crippen LogP contribution < -0.4 is 9.47 Å². The van der Waals surface area contributed by atoms with Gasteiger partial charge in [-0.1, -0.05) is 201 Å². The molecule has 0 unspecified atom stereocenters. The molecule has 0 aliphatic heterocycles. The van der Waals surface area contributed by atoms with Crippen LogP contribution in [0.4, 0.5) is 0 Å². The first-order chi connectivity index (χ1) is 38.2. The van der Waals surface area contributed by atoms with Crippen LogP contribution in [-0.4, -0.2) is 35.1 Å². The quantitative estimate of drug-likeness (QED) is 0.0320. The predicted octanol–water partition coefficient (Wildman–Crippen LogP) is 15.8. The average Bonchev–Trinajstić information content (AvgIpc) is 3.68. The summed E-state index contributed by atoms with van der Waals surface area (Å²) in [7, 11) is 0. The number of esters is 2. The molecule has 0 saturated heterocycles. The summed E-state index contributed by atoms with van der Waals surface area (Å²) in [5.74, 6) is -3.13. The third-order valence-electron chi connectivity index (χ3n) is 16.5. The van der Waals surface area contributed by atoms with Crippen molar-refractivity contribution in [3.8, 4) is 33.8 Å². The standard InChI is InChI=1S/C71H64O8/c1-7-37-70(38-8-2)59-41-47(63(72)45-17-13-11-14-18-45)21-33-55(59)57-35-23-49(43-61(57)70)65(74)67(76)78-53-29-25-51(26-30-53)69(5,6)52-27-31-54(32-28-52)79-68(77)66(75)50-24-36-58-56-34-22-48(64(73)46-19-15-12-16-20-46)42-60(56)71(39-9-3,40-10-4)62(58)44-50/h11-36,41-44H,7-10,37-40H2,1-6H3. The Balaban J connectivity index is 0.807. The lowest BCUT2D eigenvalue weighted by Crippen LogP contribution is -2.26. The average molecular weight is 1050 g/mol. The molecular formula is C71H64O8. The lowest BCUT2D eigenvalue weighted by atomic mass is 9.71. The molecule has 0 heterocycles. The van der Waals surface area contributed by atoms with E-state index in [0.717, 1.165) is 107 Å². The van der Waals surface area contributed by atoms with E-state index in [-0.39, 0.29) is 34.2 Å². The number of rotatable bonds is 20. The van der Waals surface area contributed by atoms with Crippen LogP contribution in [-0.2, 0) is 25.8 Å². The number of carbonyl (C=O) groups excluding carboxylic acids is 6. The van der Waals surface area contributed by atoms with Crippen LogP contribution in [0.25, 0.3) is 22.3 Å². The topological polar surface area (TPSA) is 121 Å². The second kappa shape index (κ2) is 22.0. The van der Waals surface area contributed by atoms with Gasteiger partial charge < -0.3 is 9.47 Å². The van der Waals surface area contributed by atoms with Crippen molar-refractivity contribution in [3.05, 3.63) is 249 Å². The molecule has 0 aromatic heterocycles. The van der Waals surface area contributed by atoms with Crippen LogP contribution in [0.3, 0.4) is 0 Å². The Morgan fingerprint density at radius 3 is 0.949 bits per heavy atom. The minimum Gasteiger partial charge on any atom is -0.421 e. The molecule has 79 heavy (non-hydrogen) atoms. The van der Waals surface area contributed by atoms with Gasteiger partial charge in [-0.25, -0.2) is 9.59 Å². The lowest BCUT2D eigenvalue weighted by Gasteiger charge is -2.32. The second-order valence-corrected chi connectivity index (χ2v) is 21.7. The molecule has 0 N–H and O–H groups in total. The van der Waals surface area contributed by atoms with Gasteiger partial charge in [0.05, 0.1) is 0 Å². The molecule has 8 heteroatoms. The molecule has 0 bridgehead atoms. The smallest absolute Gasteiger partial charge is 0.385 e. The van der Waals surface area contributed by atoms with E-state index in [1.165, 1.54) is 0 Å².